The van der Waals surface area contributed by atoms with Gasteiger partial charge in [-0.3, -0.25) is 28.8 Å². The van der Waals surface area contributed by atoms with Crippen molar-refractivity contribution in [3.8, 4) is 6.07 Å². The number of para-hydroxylation sites is 5. The summed E-state index contributed by atoms with van der Waals surface area (Å²) in [5.41, 5.74) is 13.7. The highest BCUT2D eigenvalue weighted by molar-refractivity contribution is 5.94. The number of nitrogens with two attached hydrogens (primary N) is 1. The standard InChI is InChI=1S/C27H28N4O6.C23H24N4O4.C11H13N3.C9H18N2O2/c1-17(32)36-24(25(37-18(2)33)27(35)31-15-20-8-4-5-9-21(20)16-31)26(34)29-12-19-13-30(14-19)23-11-7-6-10-22(23)28-3;1-24-18-8-4-5-9-19(18)26-11-15(12-26)10-25-22(30)20(28)21(29)23(31)27-13-16-6-2-3-7-17(16)14-27;12-5-9-7-14(8-9)11-4-2-1-3-10(11)6-13;1-9(2,3)13-8(12)11-6-7-4-10-5-7/h4-11,19,24-25H,12-16H2,1-2H3,(H,29,34);2-9,15,20-21,28-29H,10-14H2,(H,25,30);1-4,9H,5,7-8,12H2;7,10H,4-6H2,1-3H3,(H,11,12)/t24-,25-;20-,21-;;/m11../s1. The topological polar surface area (TPSA) is 310 Å². The molecule has 0 radical (unpaired) electrons. The molecular weight excluding hydrogens is 1210 g/mol. The minimum atomic E-state index is -1.82. The number of hydrogen-bond acceptors (Lipinski definition) is 18. The van der Waals surface area contributed by atoms with Crippen LogP contribution in [0, 0.1) is 48.1 Å². The molecule has 25 nitrogen and oxygen atoms in total. The summed E-state index contributed by atoms with van der Waals surface area (Å²) >= 11 is 0. The number of fused-ring (bicyclic) bond motifs is 2. The van der Waals surface area contributed by atoms with Crippen molar-refractivity contribution >= 4 is 70.1 Å². The zero-order valence-corrected chi connectivity index (χ0v) is 54.1. The number of benzene rings is 5. The number of aliphatic hydroxyl groups excluding tert-OH is 2. The molecule has 0 unspecified atom stereocenters. The van der Waals surface area contributed by atoms with Crippen LogP contribution in [0.5, 0.6) is 0 Å². The van der Waals surface area contributed by atoms with Crippen molar-refractivity contribution in [1.29, 1.82) is 5.26 Å². The fourth-order valence-corrected chi connectivity index (χ4v) is 11.4. The van der Waals surface area contributed by atoms with E-state index in [0.29, 0.717) is 88.7 Å². The molecule has 500 valence electrons. The first-order valence-electron chi connectivity index (χ1n) is 31.6. The molecule has 0 aliphatic carbocycles. The molecule has 0 saturated carbocycles. The summed E-state index contributed by atoms with van der Waals surface area (Å²) in [6.07, 6.45) is -7.19. The molecule has 0 bridgehead atoms. The number of amides is 5. The Morgan fingerprint density at radius 1 is 0.568 bits per heavy atom. The molecule has 4 fully saturated rings. The molecule has 0 aromatic heterocycles. The number of nitrogens with zero attached hydrogens (tertiary/aromatic N) is 8. The van der Waals surface area contributed by atoms with Crippen LogP contribution in [0.2, 0.25) is 0 Å². The molecule has 0 spiro atoms. The first kappa shape index (κ1) is 70.8. The Morgan fingerprint density at radius 3 is 1.40 bits per heavy atom. The number of nitriles is 1. The van der Waals surface area contributed by atoms with Gasteiger partial charge in [-0.05, 0) is 73.8 Å². The van der Waals surface area contributed by atoms with Crippen LogP contribution in [-0.4, -0.2) is 170 Å². The van der Waals surface area contributed by atoms with Gasteiger partial charge in [-0.2, -0.15) is 5.26 Å². The van der Waals surface area contributed by atoms with Crippen LogP contribution in [0.4, 0.5) is 33.2 Å². The molecule has 25 heteroatoms. The fraction of sp³-hybridized carbons (Fsp3) is 0.429. The molecule has 11 rings (SSSR count). The lowest BCUT2D eigenvalue weighted by Crippen LogP contribution is -2.56. The van der Waals surface area contributed by atoms with E-state index < -0.39 is 65.6 Å². The number of nitrogens with one attached hydrogen (secondary N) is 4. The van der Waals surface area contributed by atoms with Crippen LogP contribution in [0.25, 0.3) is 9.69 Å². The van der Waals surface area contributed by atoms with Crippen molar-refractivity contribution in [2.24, 2.45) is 29.4 Å². The number of anilines is 3. The maximum Gasteiger partial charge on any atom is 0.407 e. The van der Waals surface area contributed by atoms with Gasteiger partial charge >= 0.3 is 18.0 Å². The number of alkyl carbamates (subject to hydrolysis) is 1. The van der Waals surface area contributed by atoms with Gasteiger partial charge in [0.2, 0.25) is 23.6 Å². The van der Waals surface area contributed by atoms with Crippen molar-refractivity contribution in [1.82, 2.24) is 31.1 Å². The Hall–Kier alpha value is -10.1. The zero-order chi connectivity index (χ0) is 68.3. The van der Waals surface area contributed by atoms with Gasteiger partial charge in [-0.25, -0.2) is 14.5 Å². The Bertz CT molecular complexity index is 3620. The second-order valence-electron chi connectivity index (χ2n) is 25.2. The van der Waals surface area contributed by atoms with Crippen LogP contribution in [0.1, 0.15) is 62.4 Å². The lowest BCUT2D eigenvalue weighted by atomic mass is 9.98. The number of esters is 2. The molecule has 4 atom stereocenters. The molecule has 8 N–H and O–H groups in total. The number of carbonyl (C=O) groups excluding carboxylic acids is 7. The van der Waals surface area contributed by atoms with Crippen molar-refractivity contribution in [3.63, 3.8) is 0 Å². The summed E-state index contributed by atoms with van der Waals surface area (Å²) in [6.45, 7) is 32.3. The summed E-state index contributed by atoms with van der Waals surface area (Å²) in [7, 11) is 0. The molecule has 6 heterocycles. The number of hydrogen-bond donors (Lipinski definition) is 7. The highest BCUT2D eigenvalue weighted by atomic mass is 16.6. The fourth-order valence-electron chi connectivity index (χ4n) is 11.4. The largest absolute Gasteiger partial charge is 0.448 e. The molecule has 6 aliphatic rings. The van der Waals surface area contributed by atoms with E-state index in [4.69, 9.17) is 38.4 Å². The lowest BCUT2D eigenvalue weighted by molar-refractivity contribution is -0.178. The van der Waals surface area contributed by atoms with Gasteiger partial charge in [0.05, 0.1) is 24.4 Å². The first-order chi connectivity index (χ1) is 45.6. The smallest absolute Gasteiger partial charge is 0.407 e. The Kier molecular flexibility index (Phi) is 24.7. The molecule has 5 aromatic carbocycles. The van der Waals surface area contributed by atoms with E-state index in [2.05, 4.69) is 46.8 Å². The average molecular weight is 1300 g/mol. The quantitative estimate of drug-likeness (QED) is 0.0347. The van der Waals surface area contributed by atoms with Crippen molar-refractivity contribution in [3.05, 3.63) is 172 Å². The average Bonchev–Trinajstić information content (AvgIpc) is 0.933. The number of carbonyl (C=O) groups is 7. The Balaban J connectivity index is 0.000000177. The summed E-state index contributed by atoms with van der Waals surface area (Å²) in [5, 5.41) is 40.6. The van der Waals surface area contributed by atoms with Crippen LogP contribution < -0.4 is 41.7 Å². The van der Waals surface area contributed by atoms with Crippen molar-refractivity contribution in [2.45, 2.75) is 90.8 Å². The first-order valence-corrected chi connectivity index (χ1v) is 31.6. The minimum absolute atomic E-state index is 0.0941. The van der Waals surface area contributed by atoms with E-state index in [1.165, 1.54) is 9.80 Å². The summed E-state index contributed by atoms with van der Waals surface area (Å²) in [5.74, 6) is -2.87. The zero-order valence-electron chi connectivity index (χ0n) is 54.1. The van der Waals surface area contributed by atoms with Gasteiger partial charge in [0.25, 0.3) is 23.6 Å². The second-order valence-corrected chi connectivity index (χ2v) is 25.2. The van der Waals surface area contributed by atoms with Crippen LogP contribution in [-0.2, 0) is 69.2 Å². The highest BCUT2D eigenvalue weighted by Gasteiger charge is 2.44. The molecule has 5 amide bonds. The van der Waals surface area contributed by atoms with Gasteiger partial charge in [-0.15, -0.1) is 0 Å². The van der Waals surface area contributed by atoms with Crippen molar-refractivity contribution < 1.29 is 58.0 Å². The van der Waals surface area contributed by atoms with Gasteiger partial charge in [0.15, 0.2) is 12.2 Å². The molecule has 6 aliphatic heterocycles. The lowest BCUT2D eigenvalue weighted by Gasteiger charge is -2.42. The predicted molar refractivity (Wildman–Crippen MR) is 354 cm³/mol. The van der Waals surface area contributed by atoms with E-state index in [-0.39, 0.29) is 24.5 Å². The number of rotatable bonds is 18. The molecule has 5 aromatic rings. The third-order valence-electron chi connectivity index (χ3n) is 16.7. The molecular formula is C70H83N13O12. The Labute approximate surface area is 553 Å². The third-order valence-corrected chi connectivity index (χ3v) is 16.7. The van der Waals surface area contributed by atoms with Crippen LogP contribution in [0.3, 0.4) is 0 Å². The van der Waals surface area contributed by atoms with Crippen LogP contribution >= 0.6 is 0 Å². The summed E-state index contributed by atoms with van der Waals surface area (Å²) in [6, 6.07) is 39.7. The molecule has 4 saturated heterocycles. The monoisotopic (exact) mass is 1300 g/mol. The SMILES string of the molecule is CC(C)(C)OC(=O)NCC1CNC1.N#Cc1ccccc1N1CC(CN)C1.[C-]#[N+]c1ccccc1N1CC(CNC(=O)[C@H](O)[C@@H](O)C(=O)N2Cc3ccccc3C2)C1.[C-]#[N+]c1ccccc1N1CC(CNC(=O)[C@H](OC(C)=O)[C@@H](OC(C)=O)C(=O)N2Cc3ccccc3C2)C1. The Morgan fingerprint density at radius 2 is 0.968 bits per heavy atom. The van der Waals surface area contributed by atoms with E-state index in [0.717, 1.165) is 91.5 Å². The second kappa shape index (κ2) is 33.1. The maximum absolute atomic E-state index is 13.4. The normalized spacial score (nSPS) is 16.7. The molecule has 95 heavy (non-hydrogen) atoms. The number of aliphatic hydroxyl groups is 2. The van der Waals surface area contributed by atoms with Gasteiger partial charge < -0.3 is 75.9 Å². The van der Waals surface area contributed by atoms with E-state index in [9.17, 15) is 43.8 Å². The maximum atomic E-state index is 13.4. The van der Waals surface area contributed by atoms with E-state index >= 15 is 0 Å². The summed E-state index contributed by atoms with van der Waals surface area (Å²) < 4.78 is 15.6. The number of ether oxygens (including phenoxy) is 3. The summed E-state index contributed by atoms with van der Waals surface area (Å²) in [4.78, 5) is 102. The third kappa shape index (κ3) is 19.3. The van der Waals surface area contributed by atoms with E-state index in [1.54, 1.807) is 12.1 Å². The minimum Gasteiger partial charge on any atom is -0.448 e. The van der Waals surface area contributed by atoms with E-state index in [1.807, 2.05) is 135 Å². The highest BCUT2D eigenvalue weighted by Crippen LogP contribution is 2.35. The predicted octanol–water partition coefficient (Wildman–Crippen LogP) is 4.93. The van der Waals surface area contributed by atoms with Crippen molar-refractivity contribution in [2.75, 3.05) is 93.2 Å². The van der Waals surface area contributed by atoms with Gasteiger partial charge in [-0.1, -0.05) is 97.1 Å². The van der Waals surface area contributed by atoms with Gasteiger partial charge in [0, 0.05) is 147 Å². The van der Waals surface area contributed by atoms with Crippen LogP contribution in [0.15, 0.2) is 121 Å². The van der Waals surface area contributed by atoms with Gasteiger partial charge in [0.1, 0.15) is 11.7 Å².